The van der Waals surface area contributed by atoms with Gasteiger partial charge >= 0.3 is 0 Å². The van der Waals surface area contributed by atoms with Crippen molar-refractivity contribution in [3.05, 3.63) is 0 Å². The van der Waals surface area contributed by atoms with Gasteiger partial charge in [0.05, 0.1) is 0 Å². The number of hydrogen-bond donors (Lipinski definition) is 1. The molecule has 2 aliphatic rings. The third-order valence-electron chi connectivity index (χ3n) is 4.11. The van der Waals surface area contributed by atoms with E-state index in [1.807, 2.05) is 0 Å². The van der Waals surface area contributed by atoms with Crippen LogP contribution in [-0.4, -0.2) is 5.25 Å². The van der Waals surface area contributed by atoms with Crippen LogP contribution in [0.25, 0.3) is 0 Å². The van der Waals surface area contributed by atoms with E-state index in [4.69, 9.17) is 12.6 Å². The first-order valence-corrected chi connectivity index (χ1v) is 6.47. The van der Waals surface area contributed by atoms with Crippen molar-refractivity contribution in [3.8, 4) is 0 Å². The molecule has 4 atom stereocenters. The molecule has 0 spiro atoms. The monoisotopic (exact) mass is 198 g/mol. The fourth-order valence-corrected chi connectivity index (χ4v) is 3.96. The van der Waals surface area contributed by atoms with E-state index in [0.717, 1.165) is 23.0 Å². The second-order valence-corrected chi connectivity index (χ2v) is 5.86. The normalized spacial score (nSPS) is 46.6. The molecule has 2 saturated carbocycles. The molecule has 0 N–H and O–H groups in total. The van der Waals surface area contributed by atoms with Gasteiger partial charge < -0.3 is 0 Å². The molecule has 0 radical (unpaired) electrons. The van der Waals surface area contributed by atoms with Crippen molar-refractivity contribution in [2.75, 3.05) is 0 Å². The maximum atomic E-state index is 4.73. The third-order valence-corrected chi connectivity index (χ3v) is 4.76. The average Bonchev–Trinajstić information content (AvgIpc) is 2.51. The van der Waals surface area contributed by atoms with E-state index >= 15 is 0 Å². The van der Waals surface area contributed by atoms with Gasteiger partial charge in [0.2, 0.25) is 0 Å². The fourth-order valence-electron chi connectivity index (χ4n) is 3.39. The molecule has 1 heteroatoms. The van der Waals surface area contributed by atoms with Crippen molar-refractivity contribution in [3.63, 3.8) is 0 Å². The van der Waals surface area contributed by atoms with Crippen LogP contribution in [-0.2, 0) is 0 Å². The summed E-state index contributed by atoms with van der Waals surface area (Å²) in [6, 6.07) is 0. The van der Waals surface area contributed by atoms with Gasteiger partial charge in [0.25, 0.3) is 0 Å². The lowest BCUT2D eigenvalue weighted by Crippen LogP contribution is -2.24. The zero-order valence-corrected chi connectivity index (χ0v) is 9.60. The van der Waals surface area contributed by atoms with E-state index in [9.17, 15) is 0 Å². The smallest absolute Gasteiger partial charge is 0.00477 e. The molecular formula is C12H22S. The molecule has 0 bridgehead atoms. The lowest BCUT2D eigenvalue weighted by atomic mass is 9.75. The van der Waals surface area contributed by atoms with Crippen LogP contribution in [0.15, 0.2) is 0 Å². The highest BCUT2D eigenvalue weighted by Crippen LogP contribution is 2.42. The summed E-state index contributed by atoms with van der Waals surface area (Å²) >= 11 is 4.73. The first-order chi connectivity index (χ1) is 6.27. The molecule has 0 aliphatic heterocycles. The molecule has 2 unspecified atom stereocenters. The molecule has 2 fully saturated rings. The molecule has 0 nitrogen and oxygen atoms in total. The molecule has 76 valence electrons. The molecular weight excluding hydrogens is 176 g/mol. The summed E-state index contributed by atoms with van der Waals surface area (Å²) in [5.41, 5.74) is 0. The zero-order valence-electron chi connectivity index (χ0n) is 8.71. The minimum absolute atomic E-state index is 0.732. The summed E-state index contributed by atoms with van der Waals surface area (Å²) in [7, 11) is 0. The highest BCUT2D eigenvalue weighted by atomic mass is 32.1. The van der Waals surface area contributed by atoms with Crippen LogP contribution in [0.4, 0.5) is 0 Å². The average molecular weight is 198 g/mol. The Morgan fingerprint density at radius 2 is 1.77 bits per heavy atom. The van der Waals surface area contributed by atoms with Gasteiger partial charge in [0, 0.05) is 5.25 Å². The SMILES string of the molecule is C[C@H]1CCC[C@@H](C2CCCC2S)C1. The number of thiol groups is 1. The highest BCUT2D eigenvalue weighted by Gasteiger charge is 2.33. The van der Waals surface area contributed by atoms with Crippen LogP contribution >= 0.6 is 12.6 Å². The summed E-state index contributed by atoms with van der Waals surface area (Å²) < 4.78 is 0. The predicted octanol–water partition coefficient (Wildman–Crippen LogP) is 3.91. The Morgan fingerprint density at radius 3 is 2.38 bits per heavy atom. The van der Waals surface area contributed by atoms with E-state index in [1.165, 1.54) is 44.9 Å². The van der Waals surface area contributed by atoms with E-state index in [-0.39, 0.29) is 0 Å². The Morgan fingerprint density at radius 1 is 1.00 bits per heavy atom. The molecule has 13 heavy (non-hydrogen) atoms. The Bertz CT molecular complexity index is 167. The summed E-state index contributed by atoms with van der Waals surface area (Å²) in [6.45, 7) is 2.43. The van der Waals surface area contributed by atoms with Crippen LogP contribution in [0.5, 0.6) is 0 Å². The second-order valence-electron chi connectivity index (χ2n) is 5.19. The van der Waals surface area contributed by atoms with Crippen molar-refractivity contribution in [1.29, 1.82) is 0 Å². The largest absolute Gasteiger partial charge is 0.176 e. The third kappa shape index (κ3) is 2.23. The van der Waals surface area contributed by atoms with Gasteiger partial charge in [-0.05, 0) is 37.0 Å². The van der Waals surface area contributed by atoms with Gasteiger partial charge in [0.1, 0.15) is 0 Å². The van der Waals surface area contributed by atoms with Crippen LogP contribution in [0.2, 0.25) is 0 Å². The van der Waals surface area contributed by atoms with Crippen LogP contribution in [0, 0.1) is 17.8 Å². The Labute approximate surface area is 87.9 Å². The van der Waals surface area contributed by atoms with Gasteiger partial charge in [-0.2, -0.15) is 12.6 Å². The number of rotatable bonds is 1. The van der Waals surface area contributed by atoms with E-state index in [2.05, 4.69) is 6.92 Å². The summed E-state index contributed by atoms with van der Waals surface area (Å²) in [4.78, 5) is 0. The minimum Gasteiger partial charge on any atom is -0.176 e. The van der Waals surface area contributed by atoms with Gasteiger partial charge in [-0.15, -0.1) is 0 Å². The van der Waals surface area contributed by atoms with Gasteiger partial charge in [-0.3, -0.25) is 0 Å². The summed E-state index contributed by atoms with van der Waals surface area (Å²) in [5, 5.41) is 0.732. The van der Waals surface area contributed by atoms with Gasteiger partial charge in [-0.25, -0.2) is 0 Å². The van der Waals surface area contributed by atoms with Gasteiger partial charge in [-0.1, -0.05) is 32.6 Å². The first-order valence-electron chi connectivity index (χ1n) is 5.95. The first kappa shape index (κ1) is 9.89. The van der Waals surface area contributed by atoms with Crippen LogP contribution in [0.3, 0.4) is 0 Å². The molecule has 0 heterocycles. The molecule has 2 rings (SSSR count). The standard InChI is InChI=1S/C12H22S/c1-9-4-2-5-10(8-9)11-6-3-7-12(11)13/h9-13H,2-8H2,1H3/t9-,10+,11?,12?/m0/s1. The van der Waals surface area contributed by atoms with Crippen LogP contribution in [0.1, 0.15) is 51.9 Å². The fraction of sp³-hybridized carbons (Fsp3) is 1.00. The predicted molar refractivity (Wildman–Crippen MR) is 61.2 cm³/mol. The Hall–Kier alpha value is 0.350. The molecule has 0 aromatic rings. The molecule has 0 aromatic heterocycles. The second kappa shape index (κ2) is 4.25. The topological polar surface area (TPSA) is 0 Å². The van der Waals surface area contributed by atoms with Crippen molar-refractivity contribution in [2.45, 2.75) is 57.1 Å². The summed E-state index contributed by atoms with van der Waals surface area (Å²) in [5.74, 6) is 2.97. The zero-order chi connectivity index (χ0) is 9.26. The van der Waals surface area contributed by atoms with E-state index < -0.39 is 0 Å². The summed E-state index contributed by atoms with van der Waals surface area (Å²) in [6.07, 6.45) is 10.2. The lowest BCUT2D eigenvalue weighted by Gasteiger charge is -2.33. The van der Waals surface area contributed by atoms with E-state index in [1.54, 1.807) is 0 Å². The van der Waals surface area contributed by atoms with Crippen molar-refractivity contribution < 1.29 is 0 Å². The maximum Gasteiger partial charge on any atom is 0.00477 e. The minimum atomic E-state index is 0.732. The highest BCUT2D eigenvalue weighted by molar-refractivity contribution is 7.81. The van der Waals surface area contributed by atoms with Gasteiger partial charge in [0.15, 0.2) is 0 Å². The Kier molecular flexibility index (Phi) is 3.23. The molecule has 0 amide bonds. The molecule has 0 saturated heterocycles. The molecule has 0 aromatic carbocycles. The van der Waals surface area contributed by atoms with Crippen molar-refractivity contribution in [2.24, 2.45) is 17.8 Å². The van der Waals surface area contributed by atoms with E-state index in [0.29, 0.717) is 0 Å². The quantitative estimate of drug-likeness (QED) is 0.607. The Balaban J connectivity index is 1.91. The number of hydrogen-bond acceptors (Lipinski definition) is 1. The van der Waals surface area contributed by atoms with Crippen molar-refractivity contribution in [1.82, 2.24) is 0 Å². The maximum absolute atomic E-state index is 4.73. The van der Waals surface area contributed by atoms with Crippen LogP contribution < -0.4 is 0 Å². The van der Waals surface area contributed by atoms with Crippen molar-refractivity contribution >= 4 is 12.6 Å². The lowest BCUT2D eigenvalue weighted by molar-refractivity contribution is 0.210. The molecule has 2 aliphatic carbocycles.